The summed E-state index contributed by atoms with van der Waals surface area (Å²) in [4.78, 5) is 26.9. The Morgan fingerprint density at radius 3 is 2.91 bits per heavy atom. The number of nitrogens with zero attached hydrogens (tertiary/aromatic N) is 1. The van der Waals surface area contributed by atoms with Gasteiger partial charge in [0.15, 0.2) is 0 Å². The van der Waals surface area contributed by atoms with Gasteiger partial charge in [0.25, 0.3) is 0 Å². The molecule has 0 fully saturated rings. The van der Waals surface area contributed by atoms with Crippen LogP contribution in [0.4, 0.5) is 5.69 Å². The number of rotatable bonds is 5. The van der Waals surface area contributed by atoms with Gasteiger partial charge in [-0.2, -0.15) is 0 Å². The molecule has 0 saturated heterocycles. The number of nitrogens with one attached hydrogen (secondary N) is 1. The molecule has 112 valence electrons. The van der Waals surface area contributed by atoms with E-state index in [-0.39, 0.29) is 11.7 Å². The zero-order valence-corrected chi connectivity index (χ0v) is 12.2. The maximum absolute atomic E-state index is 11.9. The number of aromatic carboxylic acids is 1. The average molecular weight is 316 g/mol. The molecular formula is C15H12N2O4S. The van der Waals surface area contributed by atoms with Crippen molar-refractivity contribution in [2.45, 2.75) is 12.8 Å². The third kappa shape index (κ3) is 3.15. The Labute approximate surface area is 129 Å². The van der Waals surface area contributed by atoms with Gasteiger partial charge in [0.05, 0.1) is 11.2 Å². The van der Waals surface area contributed by atoms with Crippen molar-refractivity contribution in [1.29, 1.82) is 0 Å². The molecule has 0 radical (unpaired) electrons. The molecule has 2 heterocycles. The Hall–Kier alpha value is -2.67. The molecule has 2 N–H and O–H groups in total. The van der Waals surface area contributed by atoms with Crippen molar-refractivity contribution in [1.82, 2.24) is 4.98 Å². The van der Waals surface area contributed by atoms with E-state index >= 15 is 0 Å². The summed E-state index contributed by atoms with van der Waals surface area (Å²) in [7, 11) is 0. The maximum Gasteiger partial charge on any atom is 0.371 e. The van der Waals surface area contributed by atoms with Crippen LogP contribution in [0.3, 0.4) is 0 Å². The number of furan rings is 1. The van der Waals surface area contributed by atoms with Crippen LogP contribution in [-0.4, -0.2) is 22.0 Å². The van der Waals surface area contributed by atoms with Crippen molar-refractivity contribution in [3.8, 4) is 0 Å². The summed E-state index contributed by atoms with van der Waals surface area (Å²) in [6.45, 7) is 0. The monoisotopic (exact) mass is 316 g/mol. The Morgan fingerprint density at radius 1 is 1.32 bits per heavy atom. The topological polar surface area (TPSA) is 92.4 Å². The maximum atomic E-state index is 11.9. The molecule has 0 spiro atoms. The van der Waals surface area contributed by atoms with Crippen LogP contribution in [0.5, 0.6) is 0 Å². The summed E-state index contributed by atoms with van der Waals surface area (Å²) in [6, 6.07) is 6.44. The number of benzene rings is 1. The van der Waals surface area contributed by atoms with Gasteiger partial charge in [-0.05, 0) is 30.7 Å². The molecule has 7 heteroatoms. The number of aryl methyl sites for hydroxylation is 1. The SMILES string of the molecule is O=C(CCc1cscn1)Nc1ccc2oc(C(=O)O)cc2c1. The number of thiazole rings is 1. The highest BCUT2D eigenvalue weighted by atomic mass is 32.1. The summed E-state index contributed by atoms with van der Waals surface area (Å²) < 4.78 is 5.17. The Kier molecular flexibility index (Phi) is 3.88. The number of carboxylic acids is 1. The summed E-state index contributed by atoms with van der Waals surface area (Å²) in [5, 5.41) is 14.2. The fourth-order valence-corrected chi connectivity index (χ4v) is 2.65. The van der Waals surface area contributed by atoms with Crippen molar-refractivity contribution in [3.05, 3.63) is 46.6 Å². The van der Waals surface area contributed by atoms with E-state index in [0.717, 1.165) is 5.69 Å². The molecule has 0 aliphatic carbocycles. The molecule has 3 aromatic rings. The summed E-state index contributed by atoms with van der Waals surface area (Å²) in [5.74, 6) is -1.36. The largest absolute Gasteiger partial charge is 0.475 e. The van der Waals surface area contributed by atoms with Crippen LogP contribution >= 0.6 is 11.3 Å². The second-order valence-corrected chi connectivity index (χ2v) is 5.42. The number of anilines is 1. The van der Waals surface area contributed by atoms with Gasteiger partial charge in [-0.15, -0.1) is 11.3 Å². The highest BCUT2D eigenvalue weighted by Crippen LogP contribution is 2.23. The second-order valence-electron chi connectivity index (χ2n) is 4.70. The van der Waals surface area contributed by atoms with Gasteiger partial charge in [0.1, 0.15) is 5.58 Å². The number of carboxylic acid groups (broad SMARTS) is 1. The van der Waals surface area contributed by atoms with Crippen LogP contribution in [-0.2, 0) is 11.2 Å². The fraction of sp³-hybridized carbons (Fsp3) is 0.133. The van der Waals surface area contributed by atoms with Crippen LogP contribution in [0.25, 0.3) is 11.0 Å². The number of carbonyl (C=O) groups is 2. The van der Waals surface area contributed by atoms with Gasteiger partial charge < -0.3 is 14.8 Å². The minimum absolute atomic E-state index is 0.116. The van der Waals surface area contributed by atoms with E-state index in [1.165, 1.54) is 17.4 Å². The smallest absolute Gasteiger partial charge is 0.371 e. The molecule has 0 bridgehead atoms. The van der Waals surface area contributed by atoms with Crippen molar-refractivity contribution in [2.75, 3.05) is 5.32 Å². The zero-order chi connectivity index (χ0) is 15.5. The van der Waals surface area contributed by atoms with Gasteiger partial charge in [-0.1, -0.05) is 0 Å². The van der Waals surface area contributed by atoms with Crippen molar-refractivity contribution in [2.24, 2.45) is 0 Å². The third-order valence-corrected chi connectivity index (χ3v) is 3.74. The first kappa shape index (κ1) is 14.3. The van der Waals surface area contributed by atoms with Crippen LogP contribution in [0.2, 0.25) is 0 Å². The molecule has 22 heavy (non-hydrogen) atoms. The van der Waals surface area contributed by atoms with Gasteiger partial charge in [-0.3, -0.25) is 4.79 Å². The summed E-state index contributed by atoms with van der Waals surface area (Å²) in [5.41, 5.74) is 3.71. The molecule has 1 aromatic carbocycles. The Bertz CT molecular complexity index is 823. The van der Waals surface area contributed by atoms with Crippen LogP contribution in [0.15, 0.2) is 39.6 Å². The second kappa shape index (κ2) is 5.98. The molecule has 0 saturated carbocycles. The van der Waals surface area contributed by atoms with Crippen molar-refractivity contribution < 1.29 is 19.1 Å². The highest BCUT2D eigenvalue weighted by Gasteiger charge is 2.11. The van der Waals surface area contributed by atoms with Gasteiger partial charge in [0, 0.05) is 22.9 Å². The fourth-order valence-electron chi connectivity index (χ4n) is 2.05. The minimum Gasteiger partial charge on any atom is -0.475 e. The third-order valence-electron chi connectivity index (χ3n) is 3.10. The summed E-state index contributed by atoms with van der Waals surface area (Å²) >= 11 is 1.50. The lowest BCUT2D eigenvalue weighted by atomic mass is 10.2. The number of fused-ring (bicyclic) bond motifs is 1. The summed E-state index contributed by atoms with van der Waals surface area (Å²) in [6.07, 6.45) is 0.931. The average Bonchev–Trinajstić information content (AvgIpc) is 3.14. The standard InChI is InChI=1S/C15H12N2O4S/c18-14(4-2-11-7-22-8-16-11)17-10-1-3-12-9(5-10)6-13(21-12)15(19)20/h1,3,5-8H,2,4H2,(H,17,18)(H,19,20). The molecule has 0 atom stereocenters. The Morgan fingerprint density at radius 2 is 2.18 bits per heavy atom. The number of aromatic nitrogens is 1. The first-order valence-corrected chi connectivity index (χ1v) is 7.50. The molecule has 1 amide bonds. The van der Waals surface area contributed by atoms with E-state index in [0.29, 0.717) is 29.5 Å². The molecular weight excluding hydrogens is 304 g/mol. The molecule has 0 aliphatic heterocycles. The van der Waals surface area contributed by atoms with Gasteiger partial charge >= 0.3 is 5.97 Å². The number of hydrogen-bond acceptors (Lipinski definition) is 5. The quantitative estimate of drug-likeness (QED) is 0.754. The first-order chi connectivity index (χ1) is 10.6. The lowest BCUT2D eigenvalue weighted by Crippen LogP contribution is -2.12. The van der Waals surface area contributed by atoms with E-state index in [1.54, 1.807) is 23.7 Å². The van der Waals surface area contributed by atoms with Crippen LogP contribution in [0, 0.1) is 0 Å². The van der Waals surface area contributed by atoms with E-state index in [1.807, 2.05) is 5.38 Å². The lowest BCUT2D eigenvalue weighted by Gasteiger charge is -2.04. The van der Waals surface area contributed by atoms with E-state index in [2.05, 4.69) is 10.3 Å². The van der Waals surface area contributed by atoms with Crippen LogP contribution in [0.1, 0.15) is 22.7 Å². The highest BCUT2D eigenvalue weighted by molar-refractivity contribution is 7.07. The zero-order valence-electron chi connectivity index (χ0n) is 11.4. The normalized spacial score (nSPS) is 10.7. The number of carbonyl (C=O) groups excluding carboxylic acids is 1. The van der Waals surface area contributed by atoms with Crippen LogP contribution < -0.4 is 5.32 Å². The Balaban J connectivity index is 1.67. The minimum atomic E-state index is -1.12. The van der Waals surface area contributed by atoms with Crippen molar-refractivity contribution >= 4 is 39.9 Å². The van der Waals surface area contributed by atoms with E-state index in [9.17, 15) is 9.59 Å². The molecule has 2 aromatic heterocycles. The van der Waals surface area contributed by atoms with E-state index in [4.69, 9.17) is 9.52 Å². The molecule has 6 nitrogen and oxygen atoms in total. The number of hydrogen-bond donors (Lipinski definition) is 2. The van der Waals surface area contributed by atoms with Crippen molar-refractivity contribution in [3.63, 3.8) is 0 Å². The lowest BCUT2D eigenvalue weighted by molar-refractivity contribution is -0.116. The predicted octanol–water partition coefficient (Wildman–Crippen LogP) is 3.16. The molecule has 0 unspecified atom stereocenters. The number of amides is 1. The van der Waals surface area contributed by atoms with Gasteiger partial charge in [-0.25, -0.2) is 9.78 Å². The van der Waals surface area contributed by atoms with E-state index < -0.39 is 5.97 Å². The first-order valence-electron chi connectivity index (χ1n) is 6.55. The predicted molar refractivity (Wildman–Crippen MR) is 82.2 cm³/mol. The molecule has 0 aliphatic rings. The van der Waals surface area contributed by atoms with Gasteiger partial charge in [0.2, 0.25) is 11.7 Å². The molecule has 3 rings (SSSR count).